The van der Waals surface area contributed by atoms with Crippen molar-refractivity contribution in [2.45, 2.75) is 456 Å². The number of hydrogen-bond donors (Lipinski definition) is 3. The lowest BCUT2D eigenvalue weighted by molar-refractivity contribution is -0.143. The Labute approximate surface area is 520 Å². The van der Waals surface area contributed by atoms with Crippen molar-refractivity contribution in [1.82, 2.24) is 5.32 Å². The Morgan fingerprint density at radius 2 is 0.566 bits per heavy atom. The van der Waals surface area contributed by atoms with Crippen molar-refractivity contribution in [3.63, 3.8) is 0 Å². The molecule has 0 aromatic carbocycles. The maximum atomic E-state index is 12.5. The van der Waals surface area contributed by atoms with Crippen molar-refractivity contribution in [3.8, 4) is 0 Å². The van der Waals surface area contributed by atoms with E-state index < -0.39 is 12.1 Å². The molecule has 0 saturated heterocycles. The second kappa shape index (κ2) is 73.1. The number of esters is 1. The molecule has 1 amide bonds. The molecule has 0 aromatic heterocycles. The average Bonchev–Trinajstić information content (AvgIpc) is 3.49. The van der Waals surface area contributed by atoms with E-state index in [1.54, 1.807) is 0 Å². The Balaban J connectivity index is 3.30. The summed E-state index contributed by atoms with van der Waals surface area (Å²) in [5.41, 5.74) is 0. The van der Waals surface area contributed by atoms with Gasteiger partial charge in [-0.3, -0.25) is 9.59 Å². The summed E-state index contributed by atoms with van der Waals surface area (Å²) in [6.07, 6.45) is 91.6. The first-order valence-corrected chi connectivity index (χ1v) is 38.4. The normalized spacial score (nSPS) is 12.5. The molecule has 6 heteroatoms. The number of hydrogen-bond acceptors (Lipinski definition) is 5. The minimum Gasteiger partial charge on any atom is -0.466 e. The standard InChI is InChI=1S/C77H151NO5/c1-3-5-7-9-11-13-15-17-18-19-39-42-46-49-53-57-61-65-69-75(80)74(73-79)78-76(81)70-66-62-58-54-50-47-43-40-37-35-33-31-29-27-25-23-21-20-22-24-26-28-30-32-34-36-38-41-44-48-52-56-60-64-68-72-83-77(82)71-67-63-59-55-51-45-16-14-12-10-8-6-4-2/h14,16,74-75,79-80H,3-13,15,17-73H2,1-2H3,(H,78,81)/b16-14-. The first kappa shape index (κ1) is 81.6. The van der Waals surface area contributed by atoms with Gasteiger partial charge in [0.1, 0.15) is 0 Å². The smallest absolute Gasteiger partial charge is 0.305 e. The summed E-state index contributed by atoms with van der Waals surface area (Å²) >= 11 is 0. The van der Waals surface area contributed by atoms with Crippen molar-refractivity contribution < 1.29 is 24.5 Å². The van der Waals surface area contributed by atoms with Gasteiger partial charge in [-0.2, -0.15) is 0 Å². The Hall–Kier alpha value is -1.40. The predicted molar refractivity (Wildman–Crippen MR) is 366 cm³/mol. The lowest BCUT2D eigenvalue weighted by atomic mass is 10.0. The second-order valence-electron chi connectivity index (χ2n) is 26.7. The molecule has 0 bridgehead atoms. The van der Waals surface area contributed by atoms with Crippen LogP contribution < -0.4 is 5.32 Å². The lowest BCUT2D eigenvalue weighted by Gasteiger charge is -2.22. The molecule has 0 aliphatic heterocycles. The Morgan fingerprint density at radius 3 is 0.867 bits per heavy atom. The fourth-order valence-electron chi connectivity index (χ4n) is 12.5. The number of ether oxygens (including phenoxy) is 1. The van der Waals surface area contributed by atoms with Crippen molar-refractivity contribution >= 4 is 11.9 Å². The van der Waals surface area contributed by atoms with Crippen LogP contribution in [-0.4, -0.2) is 47.4 Å². The highest BCUT2D eigenvalue weighted by Crippen LogP contribution is 2.20. The van der Waals surface area contributed by atoms with Crippen LogP contribution in [0.15, 0.2) is 12.2 Å². The highest BCUT2D eigenvalue weighted by molar-refractivity contribution is 5.76. The van der Waals surface area contributed by atoms with Crippen LogP contribution in [0.25, 0.3) is 0 Å². The Kier molecular flexibility index (Phi) is 71.8. The van der Waals surface area contributed by atoms with Gasteiger partial charge in [-0.15, -0.1) is 0 Å². The summed E-state index contributed by atoms with van der Waals surface area (Å²) in [6.45, 7) is 4.99. The van der Waals surface area contributed by atoms with E-state index in [4.69, 9.17) is 4.74 Å². The number of aliphatic hydroxyl groups excluding tert-OH is 2. The van der Waals surface area contributed by atoms with Crippen molar-refractivity contribution in [2.24, 2.45) is 0 Å². The van der Waals surface area contributed by atoms with E-state index in [-0.39, 0.29) is 18.5 Å². The maximum absolute atomic E-state index is 12.5. The van der Waals surface area contributed by atoms with Crippen LogP contribution >= 0.6 is 0 Å². The molecule has 2 atom stereocenters. The zero-order valence-corrected chi connectivity index (χ0v) is 56.7. The van der Waals surface area contributed by atoms with E-state index in [9.17, 15) is 19.8 Å². The molecule has 83 heavy (non-hydrogen) atoms. The molecule has 0 aliphatic carbocycles. The molecule has 2 unspecified atom stereocenters. The van der Waals surface area contributed by atoms with E-state index in [1.807, 2.05) is 0 Å². The summed E-state index contributed by atoms with van der Waals surface area (Å²) in [5, 5.41) is 23.4. The largest absolute Gasteiger partial charge is 0.466 e. The minimum atomic E-state index is -0.660. The van der Waals surface area contributed by atoms with Gasteiger partial charge >= 0.3 is 5.97 Å². The van der Waals surface area contributed by atoms with Gasteiger partial charge in [0.2, 0.25) is 5.91 Å². The van der Waals surface area contributed by atoms with Crippen LogP contribution in [0.2, 0.25) is 0 Å². The van der Waals surface area contributed by atoms with Gasteiger partial charge in [-0.1, -0.05) is 392 Å². The molecule has 0 heterocycles. The van der Waals surface area contributed by atoms with E-state index >= 15 is 0 Å². The summed E-state index contributed by atoms with van der Waals surface area (Å²) in [5.74, 6) is -0.0106. The number of nitrogens with one attached hydrogen (secondary N) is 1. The number of rotatable bonds is 73. The summed E-state index contributed by atoms with van der Waals surface area (Å²) in [4.78, 5) is 24.6. The fourth-order valence-corrected chi connectivity index (χ4v) is 12.5. The first-order chi connectivity index (χ1) is 41.0. The summed E-state index contributed by atoms with van der Waals surface area (Å²) in [6, 6.07) is -0.537. The molecular weight excluding hydrogens is 1020 g/mol. The molecule has 0 radical (unpaired) electrons. The fraction of sp³-hybridized carbons (Fsp3) is 0.948. The van der Waals surface area contributed by atoms with Crippen LogP contribution in [0.1, 0.15) is 444 Å². The van der Waals surface area contributed by atoms with Gasteiger partial charge < -0.3 is 20.3 Å². The second-order valence-corrected chi connectivity index (χ2v) is 26.7. The molecule has 494 valence electrons. The van der Waals surface area contributed by atoms with Crippen LogP contribution in [0.5, 0.6) is 0 Å². The number of aliphatic hydroxyl groups is 2. The van der Waals surface area contributed by atoms with Gasteiger partial charge in [0.05, 0.1) is 25.4 Å². The van der Waals surface area contributed by atoms with Gasteiger partial charge in [0.25, 0.3) is 0 Å². The molecular formula is C77H151NO5. The average molecular weight is 1170 g/mol. The molecule has 0 spiro atoms. The van der Waals surface area contributed by atoms with Crippen molar-refractivity contribution in [3.05, 3.63) is 12.2 Å². The molecule has 0 aliphatic rings. The summed E-state index contributed by atoms with van der Waals surface area (Å²) < 4.78 is 5.49. The van der Waals surface area contributed by atoms with Gasteiger partial charge in [-0.25, -0.2) is 0 Å². The molecule has 0 aromatic rings. The van der Waals surface area contributed by atoms with E-state index in [2.05, 4.69) is 31.3 Å². The van der Waals surface area contributed by atoms with E-state index in [0.717, 1.165) is 44.9 Å². The summed E-state index contributed by atoms with van der Waals surface area (Å²) in [7, 11) is 0. The minimum absolute atomic E-state index is 0.0143. The third-order valence-corrected chi connectivity index (χ3v) is 18.3. The lowest BCUT2D eigenvalue weighted by Crippen LogP contribution is -2.45. The van der Waals surface area contributed by atoms with Crippen LogP contribution in [0, 0.1) is 0 Å². The quantitative estimate of drug-likeness (QED) is 0.0320. The molecule has 0 saturated carbocycles. The molecule has 6 nitrogen and oxygen atoms in total. The van der Waals surface area contributed by atoms with Crippen molar-refractivity contribution in [1.29, 1.82) is 0 Å². The van der Waals surface area contributed by atoms with Gasteiger partial charge in [0, 0.05) is 12.8 Å². The van der Waals surface area contributed by atoms with E-state index in [0.29, 0.717) is 25.9 Å². The third-order valence-electron chi connectivity index (χ3n) is 18.3. The van der Waals surface area contributed by atoms with Crippen LogP contribution in [0.4, 0.5) is 0 Å². The van der Waals surface area contributed by atoms with E-state index in [1.165, 1.54) is 366 Å². The maximum Gasteiger partial charge on any atom is 0.305 e. The Bertz CT molecular complexity index is 1260. The zero-order chi connectivity index (χ0) is 59.9. The van der Waals surface area contributed by atoms with Crippen LogP contribution in [-0.2, 0) is 14.3 Å². The molecule has 3 N–H and O–H groups in total. The molecule has 0 rings (SSSR count). The predicted octanol–water partition coefficient (Wildman–Crippen LogP) is 25.1. The highest BCUT2D eigenvalue weighted by Gasteiger charge is 2.20. The Morgan fingerprint density at radius 1 is 0.325 bits per heavy atom. The highest BCUT2D eigenvalue weighted by atomic mass is 16.5. The third kappa shape index (κ3) is 69.6. The van der Waals surface area contributed by atoms with Crippen LogP contribution in [0.3, 0.4) is 0 Å². The monoisotopic (exact) mass is 1170 g/mol. The SMILES string of the molecule is CCCCCC/C=C\CCCCCCCC(=O)OCCCCCCCCCCCCCCCCCCCCCCCCCCCCCCCCCCCCCC(=O)NC(CO)C(O)CCCCCCCCCCCCCCCCCCCC. The van der Waals surface area contributed by atoms with Crippen molar-refractivity contribution in [2.75, 3.05) is 13.2 Å². The first-order valence-electron chi connectivity index (χ1n) is 38.4. The number of amides is 1. The zero-order valence-electron chi connectivity index (χ0n) is 56.7. The number of allylic oxidation sites excluding steroid dienone is 2. The van der Waals surface area contributed by atoms with Gasteiger partial charge in [-0.05, 0) is 51.4 Å². The number of carbonyl (C=O) groups is 2. The number of carbonyl (C=O) groups excluding carboxylic acids is 2. The topological polar surface area (TPSA) is 95.9 Å². The molecule has 0 fully saturated rings. The van der Waals surface area contributed by atoms with Gasteiger partial charge in [0.15, 0.2) is 0 Å². The number of unbranched alkanes of at least 4 members (excludes halogenated alkanes) is 60.